The van der Waals surface area contributed by atoms with E-state index in [9.17, 15) is 18.0 Å². The number of anilines is 1. The summed E-state index contributed by atoms with van der Waals surface area (Å²) in [6.45, 7) is -0.00430. The van der Waals surface area contributed by atoms with E-state index in [-0.39, 0.29) is 12.1 Å². The highest BCUT2D eigenvalue weighted by Gasteiger charge is 2.30. The summed E-state index contributed by atoms with van der Waals surface area (Å²) in [6.07, 6.45) is -4.41. The normalized spacial score (nSPS) is 10.5. The summed E-state index contributed by atoms with van der Waals surface area (Å²) in [4.78, 5) is 11.6. The maximum atomic E-state index is 12.6. The van der Waals surface area contributed by atoms with Crippen LogP contribution < -0.4 is 10.6 Å². The Morgan fingerprint density at radius 2 is 1.83 bits per heavy atom. The minimum Gasteiger partial charge on any atom is -0.327 e. The number of carbonyl (C=O) groups excluding carboxylic acids is 1. The highest BCUT2D eigenvalue weighted by Crippen LogP contribution is 2.29. The van der Waals surface area contributed by atoms with Crippen molar-refractivity contribution < 1.29 is 18.0 Å². The molecule has 2 aromatic carbocycles. The molecule has 0 atom stereocenters. The van der Waals surface area contributed by atoms with Gasteiger partial charge in [0.05, 0.1) is 12.1 Å². The standard InChI is InChI=1S/C17H12ClF3N2O/c18-14-6-8-15(9-7-14)23-16(24)22-10-2-4-12-3-1-5-13(11-12)17(19,20)21/h1,3,5-9,11H,10H2,(H2,22,23,24). The summed E-state index contributed by atoms with van der Waals surface area (Å²) in [7, 11) is 0. The smallest absolute Gasteiger partial charge is 0.327 e. The van der Waals surface area contributed by atoms with Crippen LogP contribution in [-0.4, -0.2) is 12.6 Å². The molecule has 0 aromatic heterocycles. The summed E-state index contributed by atoms with van der Waals surface area (Å²) >= 11 is 5.73. The van der Waals surface area contributed by atoms with Gasteiger partial charge in [-0.15, -0.1) is 0 Å². The summed E-state index contributed by atoms with van der Waals surface area (Å²) in [5.74, 6) is 5.17. The Labute approximate surface area is 141 Å². The Morgan fingerprint density at radius 1 is 1.12 bits per heavy atom. The molecule has 0 radical (unpaired) electrons. The van der Waals surface area contributed by atoms with Gasteiger partial charge in [-0.05, 0) is 42.5 Å². The van der Waals surface area contributed by atoms with Crippen LogP contribution in [0, 0.1) is 11.8 Å². The van der Waals surface area contributed by atoms with Crippen LogP contribution in [0.1, 0.15) is 11.1 Å². The van der Waals surface area contributed by atoms with Crippen molar-refractivity contribution in [2.45, 2.75) is 6.18 Å². The van der Waals surface area contributed by atoms with Gasteiger partial charge in [0.15, 0.2) is 0 Å². The lowest BCUT2D eigenvalue weighted by Crippen LogP contribution is -2.28. The van der Waals surface area contributed by atoms with Gasteiger partial charge in [0.2, 0.25) is 0 Å². The highest BCUT2D eigenvalue weighted by atomic mass is 35.5. The molecule has 0 aliphatic rings. The number of halogens is 4. The first-order chi connectivity index (χ1) is 11.3. The van der Waals surface area contributed by atoms with Crippen molar-refractivity contribution in [1.29, 1.82) is 0 Å². The van der Waals surface area contributed by atoms with Crippen molar-refractivity contribution in [3.63, 3.8) is 0 Å². The molecule has 24 heavy (non-hydrogen) atoms. The Bertz CT molecular complexity index is 777. The molecule has 0 saturated heterocycles. The van der Waals surface area contributed by atoms with Crippen molar-refractivity contribution in [2.75, 3.05) is 11.9 Å². The first-order valence-electron chi connectivity index (χ1n) is 6.81. The minimum absolute atomic E-state index is 0.00430. The van der Waals surface area contributed by atoms with Gasteiger partial charge in [-0.1, -0.05) is 29.5 Å². The van der Waals surface area contributed by atoms with Gasteiger partial charge < -0.3 is 10.6 Å². The third-order valence-electron chi connectivity index (χ3n) is 2.86. The van der Waals surface area contributed by atoms with Crippen molar-refractivity contribution in [3.8, 4) is 11.8 Å². The molecule has 0 saturated carbocycles. The minimum atomic E-state index is -4.41. The Balaban J connectivity index is 1.87. The molecule has 0 heterocycles. The van der Waals surface area contributed by atoms with Crippen molar-refractivity contribution in [2.24, 2.45) is 0 Å². The zero-order valence-corrected chi connectivity index (χ0v) is 13.0. The average Bonchev–Trinajstić information content (AvgIpc) is 2.53. The van der Waals surface area contributed by atoms with E-state index in [2.05, 4.69) is 22.5 Å². The van der Waals surface area contributed by atoms with Crippen molar-refractivity contribution in [1.82, 2.24) is 5.32 Å². The fraction of sp³-hybridized carbons (Fsp3) is 0.118. The van der Waals surface area contributed by atoms with E-state index in [1.54, 1.807) is 24.3 Å². The molecule has 0 bridgehead atoms. The fourth-order valence-electron chi connectivity index (χ4n) is 1.75. The number of urea groups is 1. The summed E-state index contributed by atoms with van der Waals surface area (Å²) in [5, 5.41) is 5.60. The van der Waals surface area contributed by atoms with Crippen LogP contribution >= 0.6 is 11.6 Å². The quantitative estimate of drug-likeness (QED) is 0.766. The van der Waals surface area contributed by atoms with E-state index in [1.807, 2.05) is 0 Å². The summed E-state index contributed by atoms with van der Waals surface area (Å²) < 4.78 is 37.7. The predicted octanol–water partition coefficient (Wildman–Crippen LogP) is 4.53. The van der Waals surface area contributed by atoms with Crippen molar-refractivity contribution in [3.05, 3.63) is 64.7 Å². The lowest BCUT2D eigenvalue weighted by molar-refractivity contribution is -0.137. The third-order valence-corrected chi connectivity index (χ3v) is 3.11. The van der Waals surface area contributed by atoms with E-state index in [4.69, 9.17) is 11.6 Å². The monoisotopic (exact) mass is 352 g/mol. The number of carbonyl (C=O) groups is 1. The Kier molecular flexibility index (Phi) is 5.72. The van der Waals surface area contributed by atoms with Crippen LogP contribution in [0.15, 0.2) is 48.5 Å². The van der Waals surface area contributed by atoms with Gasteiger partial charge >= 0.3 is 12.2 Å². The Hall–Kier alpha value is -2.65. The lowest BCUT2D eigenvalue weighted by Gasteiger charge is -2.06. The topological polar surface area (TPSA) is 41.1 Å². The van der Waals surface area contributed by atoms with Gasteiger partial charge in [-0.25, -0.2) is 4.79 Å². The molecule has 124 valence electrons. The molecule has 2 N–H and O–H groups in total. The largest absolute Gasteiger partial charge is 0.416 e. The summed E-state index contributed by atoms with van der Waals surface area (Å²) in [5.41, 5.74) is 0.0233. The molecule has 0 unspecified atom stereocenters. The molecule has 7 heteroatoms. The zero-order valence-electron chi connectivity index (χ0n) is 12.2. The van der Waals surface area contributed by atoms with Gasteiger partial charge in [-0.2, -0.15) is 13.2 Å². The lowest BCUT2D eigenvalue weighted by atomic mass is 10.1. The first kappa shape index (κ1) is 17.7. The van der Waals surface area contributed by atoms with Crippen LogP contribution in [0.2, 0.25) is 5.02 Å². The van der Waals surface area contributed by atoms with E-state index in [1.165, 1.54) is 12.1 Å². The third kappa shape index (κ3) is 5.52. The maximum Gasteiger partial charge on any atom is 0.416 e. The number of amides is 2. The molecule has 0 aliphatic heterocycles. The van der Waals surface area contributed by atoms with Crippen LogP contribution in [0.4, 0.5) is 23.7 Å². The second-order valence-corrected chi connectivity index (χ2v) is 5.13. The molecule has 0 spiro atoms. The number of alkyl halides is 3. The van der Waals surface area contributed by atoms with Gasteiger partial charge in [-0.3, -0.25) is 0 Å². The first-order valence-corrected chi connectivity index (χ1v) is 7.19. The highest BCUT2D eigenvalue weighted by molar-refractivity contribution is 6.30. The zero-order chi connectivity index (χ0) is 17.6. The van der Waals surface area contributed by atoms with Gasteiger partial charge in [0.25, 0.3) is 0 Å². The van der Waals surface area contributed by atoms with Gasteiger partial charge in [0, 0.05) is 16.3 Å². The number of hydrogen-bond acceptors (Lipinski definition) is 1. The van der Waals surface area contributed by atoms with Gasteiger partial charge in [0.1, 0.15) is 0 Å². The van der Waals surface area contributed by atoms with Crippen LogP contribution in [0.5, 0.6) is 0 Å². The van der Waals surface area contributed by atoms with Crippen molar-refractivity contribution >= 4 is 23.3 Å². The number of benzene rings is 2. The van der Waals surface area contributed by atoms with Crippen LogP contribution in [-0.2, 0) is 6.18 Å². The Morgan fingerprint density at radius 3 is 2.50 bits per heavy atom. The van der Waals surface area contributed by atoms with E-state index < -0.39 is 17.8 Å². The molecule has 2 aromatic rings. The van der Waals surface area contributed by atoms with Crippen LogP contribution in [0.3, 0.4) is 0 Å². The number of nitrogens with one attached hydrogen (secondary N) is 2. The van der Waals surface area contributed by atoms with Crippen LogP contribution in [0.25, 0.3) is 0 Å². The molecule has 3 nitrogen and oxygen atoms in total. The molecule has 2 amide bonds. The maximum absolute atomic E-state index is 12.6. The number of hydrogen-bond donors (Lipinski definition) is 2. The average molecular weight is 353 g/mol. The molecule has 2 rings (SSSR count). The fourth-order valence-corrected chi connectivity index (χ4v) is 1.88. The molecule has 0 aliphatic carbocycles. The molecular formula is C17H12ClF3N2O. The molecule has 0 fully saturated rings. The predicted molar refractivity (Wildman–Crippen MR) is 86.8 cm³/mol. The van der Waals surface area contributed by atoms with E-state index in [0.717, 1.165) is 12.1 Å². The van der Waals surface area contributed by atoms with E-state index >= 15 is 0 Å². The SMILES string of the molecule is O=C(NCC#Cc1cccc(C(F)(F)F)c1)Nc1ccc(Cl)cc1. The van der Waals surface area contributed by atoms with E-state index in [0.29, 0.717) is 10.7 Å². The number of rotatable bonds is 2. The second-order valence-electron chi connectivity index (χ2n) is 4.69. The molecular weight excluding hydrogens is 341 g/mol. The summed E-state index contributed by atoms with van der Waals surface area (Å²) in [6, 6.07) is 10.7. The second kappa shape index (κ2) is 7.75.